The van der Waals surface area contributed by atoms with Crippen LogP contribution in [0.3, 0.4) is 0 Å². The summed E-state index contributed by atoms with van der Waals surface area (Å²) in [4.78, 5) is 0. The molecule has 1 unspecified atom stereocenters. The minimum atomic E-state index is -1.28. The lowest BCUT2D eigenvalue weighted by atomic mass is 10.1. The van der Waals surface area contributed by atoms with Crippen LogP contribution in [0.1, 0.15) is 12.5 Å². The molecule has 0 spiro atoms. The molecule has 0 aliphatic rings. The highest BCUT2D eigenvalue weighted by atomic mass is 79.9. The lowest BCUT2D eigenvalue weighted by Gasteiger charge is -2.11. The Bertz CT molecular complexity index is 366. The topological polar surface area (TPSA) is 26.0 Å². The predicted octanol–water partition coefficient (Wildman–Crippen LogP) is 3.41. The molecule has 1 atom stereocenters. The summed E-state index contributed by atoms with van der Waals surface area (Å²) in [6.45, 7) is 1.59. The molecular formula is C9H8BrClF3N. The van der Waals surface area contributed by atoms with Crippen LogP contribution in [0.25, 0.3) is 0 Å². The van der Waals surface area contributed by atoms with Crippen molar-refractivity contribution >= 4 is 27.5 Å². The summed E-state index contributed by atoms with van der Waals surface area (Å²) >= 11 is 8.13. The van der Waals surface area contributed by atoms with Crippen molar-refractivity contribution in [1.29, 1.82) is 0 Å². The first kappa shape index (κ1) is 12.8. The van der Waals surface area contributed by atoms with E-state index < -0.39 is 33.0 Å². The summed E-state index contributed by atoms with van der Waals surface area (Å²) in [5, 5.41) is -0.432. The van der Waals surface area contributed by atoms with Crippen LogP contribution in [0, 0.1) is 17.5 Å². The maximum Gasteiger partial charge on any atom is 0.176 e. The molecule has 0 amide bonds. The molecule has 2 N–H and O–H groups in total. The number of benzene rings is 1. The number of rotatable bonds is 2. The summed E-state index contributed by atoms with van der Waals surface area (Å²) in [6.07, 6.45) is -0.0220. The summed E-state index contributed by atoms with van der Waals surface area (Å²) in [5.41, 5.74) is 5.19. The van der Waals surface area contributed by atoms with Gasteiger partial charge in [-0.05, 0) is 29.3 Å². The second-order valence-electron chi connectivity index (χ2n) is 3.23. The van der Waals surface area contributed by atoms with E-state index in [9.17, 15) is 13.2 Å². The van der Waals surface area contributed by atoms with E-state index in [0.29, 0.717) is 0 Å². The third kappa shape index (κ3) is 2.46. The molecule has 0 saturated heterocycles. The number of hydrogen-bond acceptors (Lipinski definition) is 1. The Hall–Kier alpha value is -0.260. The van der Waals surface area contributed by atoms with Gasteiger partial charge >= 0.3 is 0 Å². The summed E-state index contributed by atoms with van der Waals surface area (Å²) in [7, 11) is 0. The molecule has 0 aliphatic carbocycles. The summed E-state index contributed by atoms with van der Waals surface area (Å²) in [5.74, 6) is -3.45. The fourth-order valence-corrected chi connectivity index (χ4v) is 1.89. The molecule has 1 aromatic carbocycles. The van der Waals surface area contributed by atoms with Gasteiger partial charge in [-0.25, -0.2) is 13.2 Å². The average molecular weight is 303 g/mol. The molecule has 84 valence electrons. The van der Waals surface area contributed by atoms with E-state index in [-0.39, 0.29) is 12.0 Å². The number of hydrogen-bond donors (Lipinski definition) is 1. The molecule has 15 heavy (non-hydrogen) atoms. The fraction of sp³-hybridized carbons (Fsp3) is 0.333. The Balaban J connectivity index is 3.39. The van der Waals surface area contributed by atoms with E-state index in [0.717, 1.165) is 0 Å². The van der Waals surface area contributed by atoms with Gasteiger partial charge in [0, 0.05) is 11.6 Å². The van der Waals surface area contributed by atoms with Crippen molar-refractivity contribution in [3.8, 4) is 0 Å². The Kier molecular flexibility index (Phi) is 4.03. The van der Waals surface area contributed by atoms with E-state index in [4.69, 9.17) is 17.3 Å². The molecule has 0 heterocycles. The molecule has 0 saturated carbocycles. The zero-order valence-electron chi connectivity index (χ0n) is 7.75. The second-order valence-corrected chi connectivity index (χ2v) is 4.40. The molecular weight excluding hydrogens is 294 g/mol. The first-order chi connectivity index (χ1) is 6.86. The van der Waals surface area contributed by atoms with Crippen LogP contribution < -0.4 is 5.73 Å². The van der Waals surface area contributed by atoms with Gasteiger partial charge in [-0.3, -0.25) is 0 Å². The third-order valence-electron chi connectivity index (χ3n) is 1.83. The predicted molar refractivity (Wildman–Crippen MR) is 56.4 cm³/mol. The van der Waals surface area contributed by atoms with Gasteiger partial charge in [-0.1, -0.05) is 11.6 Å². The van der Waals surface area contributed by atoms with Crippen LogP contribution in [-0.2, 0) is 6.42 Å². The van der Waals surface area contributed by atoms with Crippen molar-refractivity contribution in [2.75, 3.05) is 0 Å². The summed E-state index contributed by atoms with van der Waals surface area (Å²) in [6, 6.07) is -0.433. The molecule has 0 aromatic heterocycles. The average Bonchev–Trinajstić information content (AvgIpc) is 2.18. The van der Waals surface area contributed by atoms with E-state index in [1.54, 1.807) is 6.92 Å². The molecule has 0 radical (unpaired) electrons. The SMILES string of the molecule is CC(N)Cc1c(F)c(F)c(Br)c(F)c1Cl. The van der Waals surface area contributed by atoms with Crippen LogP contribution >= 0.6 is 27.5 Å². The van der Waals surface area contributed by atoms with Gasteiger partial charge in [0.05, 0.1) is 9.50 Å². The van der Waals surface area contributed by atoms with Crippen LogP contribution in [0.15, 0.2) is 4.47 Å². The van der Waals surface area contributed by atoms with Crippen molar-refractivity contribution < 1.29 is 13.2 Å². The minimum absolute atomic E-state index is 0.0220. The first-order valence-corrected chi connectivity index (χ1v) is 5.29. The monoisotopic (exact) mass is 301 g/mol. The highest BCUT2D eigenvalue weighted by Crippen LogP contribution is 2.32. The van der Waals surface area contributed by atoms with Gasteiger partial charge in [-0.2, -0.15) is 0 Å². The minimum Gasteiger partial charge on any atom is -0.328 e. The zero-order chi connectivity index (χ0) is 11.7. The van der Waals surface area contributed by atoms with E-state index in [1.165, 1.54) is 0 Å². The van der Waals surface area contributed by atoms with E-state index in [2.05, 4.69) is 15.9 Å². The first-order valence-electron chi connectivity index (χ1n) is 4.12. The van der Waals surface area contributed by atoms with Gasteiger partial charge in [0.1, 0.15) is 0 Å². The standard InChI is InChI=1S/C9H8BrClF3N/c1-3(15)2-4-6(11)8(13)5(10)9(14)7(4)12/h3H,2,15H2,1H3. The van der Waals surface area contributed by atoms with Crippen molar-refractivity contribution in [2.45, 2.75) is 19.4 Å². The molecule has 1 nitrogen and oxygen atoms in total. The van der Waals surface area contributed by atoms with E-state index in [1.807, 2.05) is 0 Å². The maximum absolute atomic E-state index is 13.4. The maximum atomic E-state index is 13.4. The summed E-state index contributed by atoms with van der Waals surface area (Å²) < 4.78 is 39.1. The fourth-order valence-electron chi connectivity index (χ4n) is 1.15. The highest BCUT2D eigenvalue weighted by Gasteiger charge is 2.22. The van der Waals surface area contributed by atoms with Crippen molar-refractivity contribution in [2.24, 2.45) is 5.73 Å². The molecule has 0 fully saturated rings. The quantitative estimate of drug-likeness (QED) is 0.657. The molecule has 0 bridgehead atoms. The molecule has 1 rings (SSSR count). The van der Waals surface area contributed by atoms with Gasteiger partial charge in [0.25, 0.3) is 0 Å². The lowest BCUT2D eigenvalue weighted by molar-refractivity contribution is 0.475. The van der Waals surface area contributed by atoms with Gasteiger partial charge < -0.3 is 5.73 Å². The zero-order valence-corrected chi connectivity index (χ0v) is 10.1. The van der Waals surface area contributed by atoms with Crippen molar-refractivity contribution in [3.05, 3.63) is 32.5 Å². The Morgan fingerprint density at radius 3 is 2.27 bits per heavy atom. The van der Waals surface area contributed by atoms with Crippen LogP contribution in [0.2, 0.25) is 5.02 Å². The Morgan fingerprint density at radius 2 is 1.80 bits per heavy atom. The van der Waals surface area contributed by atoms with Crippen LogP contribution in [0.5, 0.6) is 0 Å². The number of halogens is 5. The van der Waals surface area contributed by atoms with Crippen molar-refractivity contribution in [1.82, 2.24) is 0 Å². The van der Waals surface area contributed by atoms with Gasteiger partial charge in [0.15, 0.2) is 17.5 Å². The Morgan fingerprint density at radius 1 is 1.27 bits per heavy atom. The van der Waals surface area contributed by atoms with Crippen LogP contribution in [-0.4, -0.2) is 6.04 Å². The largest absolute Gasteiger partial charge is 0.328 e. The van der Waals surface area contributed by atoms with Gasteiger partial charge in [0.2, 0.25) is 0 Å². The Labute approximate surface area is 98.5 Å². The second kappa shape index (κ2) is 4.72. The van der Waals surface area contributed by atoms with Crippen LogP contribution in [0.4, 0.5) is 13.2 Å². The molecule has 0 aliphatic heterocycles. The number of nitrogens with two attached hydrogens (primary N) is 1. The normalized spacial score (nSPS) is 13.0. The van der Waals surface area contributed by atoms with Gasteiger partial charge in [-0.15, -0.1) is 0 Å². The molecule has 6 heteroatoms. The van der Waals surface area contributed by atoms with Crippen molar-refractivity contribution in [3.63, 3.8) is 0 Å². The third-order valence-corrected chi connectivity index (χ3v) is 2.92. The molecule has 1 aromatic rings. The highest BCUT2D eigenvalue weighted by molar-refractivity contribution is 9.10. The lowest BCUT2D eigenvalue weighted by Crippen LogP contribution is -2.19. The van der Waals surface area contributed by atoms with E-state index >= 15 is 0 Å². The smallest absolute Gasteiger partial charge is 0.176 e.